The normalized spacial score (nSPS) is 11.5. The minimum absolute atomic E-state index is 0.0169. The molecule has 1 amide bonds. The molecule has 0 aliphatic rings. The molecule has 0 N–H and O–H groups in total. The molecule has 202 valence electrons. The molecule has 8 heteroatoms. The van der Waals surface area contributed by atoms with Crippen LogP contribution in [-0.2, 0) is 14.8 Å². The number of rotatable bonds is 12. The van der Waals surface area contributed by atoms with E-state index in [0.29, 0.717) is 41.9 Å². The van der Waals surface area contributed by atoms with Crippen LogP contribution in [0.2, 0.25) is 0 Å². The van der Waals surface area contributed by atoms with Crippen molar-refractivity contribution in [3.8, 4) is 17.2 Å². The average molecular weight is 538 g/mol. The molecule has 0 fully saturated rings. The second kappa shape index (κ2) is 13.1. The van der Waals surface area contributed by atoms with Crippen LogP contribution in [0.15, 0.2) is 77.7 Å². The third-order valence-electron chi connectivity index (χ3n) is 5.70. The minimum Gasteiger partial charge on any atom is -0.494 e. The number of ether oxygens (including phenoxy) is 3. The standard InChI is InChI=1S/C30H35NO6S/c1-6-36-26-13-11-25(12-14-26)31(38(33,34)27-15-7-23(4)8-16-27)30(32)18-10-24-9-17-28(29(21-24)35-5)37-20-19-22(2)3/h7-18,21-22H,6,19-20H2,1-5H3/b18-10+. The van der Waals surface area contributed by atoms with Gasteiger partial charge in [-0.25, -0.2) is 8.42 Å². The van der Waals surface area contributed by atoms with Crippen LogP contribution in [0.5, 0.6) is 17.2 Å². The van der Waals surface area contributed by atoms with Gasteiger partial charge in [-0.1, -0.05) is 37.6 Å². The molecule has 0 aliphatic heterocycles. The maximum absolute atomic E-state index is 13.6. The molecule has 0 bridgehead atoms. The Morgan fingerprint density at radius 1 is 0.947 bits per heavy atom. The van der Waals surface area contributed by atoms with Crippen molar-refractivity contribution in [2.45, 2.75) is 39.0 Å². The number of carbonyl (C=O) groups excluding carboxylic acids is 1. The lowest BCUT2D eigenvalue weighted by Gasteiger charge is -2.22. The number of hydrogen-bond acceptors (Lipinski definition) is 6. The average Bonchev–Trinajstić information content (AvgIpc) is 2.89. The van der Waals surface area contributed by atoms with Crippen molar-refractivity contribution in [2.75, 3.05) is 24.6 Å². The Balaban J connectivity index is 1.92. The summed E-state index contributed by atoms with van der Waals surface area (Å²) < 4.78 is 44.8. The smallest absolute Gasteiger partial charge is 0.271 e. The zero-order chi connectivity index (χ0) is 27.7. The SMILES string of the molecule is CCOc1ccc(N(C(=O)/C=C/c2ccc(OCCC(C)C)c(OC)c2)S(=O)(=O)c2ccc(C)cc2)cc1. The molecule has 7 nitrogen and oxygen atoms in total. The number of hydrogen-bond donors (Lipinski definition) is 0. The number of anilines is 1. The van der Waals surface area contributed by atoms with Crippen molar-refractivity contribution < 1.29 is 27.4 Å². The number of methoxy groups -OCH3 is 1. The van der Waals surface area contributed by atoms with E-state index in [2.05, 4.69) is 13.8 Å². The molecular formula is C30H35NO6S. The van der Waals surface area contributed by atoms with Gasteiger partial charge in [-0.3, -0.25) is 4.79 Å². The summed E-state index contributed by atoms with van der Waals surface area (Å²) in [5, 5.41) is 0. The number of nitrogens with zero attached hydrogens (tertiary/aromatic N) is 1. The lowest BCUT2D eigenvalue weighted by molar-refractivity contribution is -0.113. The Labute approximate surface area is 225 Å². The van der Waals surface area contributed by atoms with Gasteiger partial charge in [0, 0.05) is 6.08 Å². The van der Waals surface area contributed by atoms with Gasteiger partial charge in [-0.05, 0) is 86.4 Å². The summed E-state index contributed by atoms with van der Waals surface area (Å²) in [7, 11) is -2.64. The third kappa shape index (κ3) is 7.38. The third-order valence-corrected chi connectivity index (χ3v) is 7.44. The van der Waals surface area contributed by atoms with E-state index in [4.69, 9.17) is 14.2 Å². The number of amides is 1. The van der Waals surface area contributed by atoms with Crippen LogP contribution in [0.4, 0.5) is 5.69 Å². The van der Waals surface area contributed by atoms with E-state index in [9.17, 15) is 13.2 Å². The van der Waals surface area contributed by atoms with Crippen molar-refractivity contribution in [3.05, 3.63) is 83.9 Å². The Bertz CT molecular complexity index is 1350. The molecule has 0 aromatic heterocycles. The van der Waals surface area contributed by atoms with Crippen molar-refractivity contribution >= 4 is 27.7 Å². The molecule has 0 unspecified atom stereocenters. The summed E-state index contributed by atoms with van der Waals surface area (Å²) in [6, 6.07) is 18.0. The predicted molar refractivity (Wildman–Crippen MR) is 150 cm³/mol. The summed E-state index contributed by atoms with van der Waals surface area (Å²) >= 11 is 0. The molecule has 3 aromatic rings. The van der Waals surface area contributed by atoms with Gasteiger partial charge in [-0.2, -0.15) is 4.31 Å². The largest absolute Gasteiger partial charge is 0.494 e. The fourth-order valence-corrected chi connectivity index (χ4v) is 4.98. The molecule has 3 rings (SSSR count). The summed E-state index contributed by atoms with van der Waals surface area (Å²) in [4.78, 5) is 13.4. The van der Waals surface area contributed by atoms with E-state index >= 15 is 0 Å². The molecular weight excluding hydrogens is 502 g/mol. The molecule has 0 aliphatic carbocycles. The highest BCUT2D eigenvalue weighted by Gasteiger charge is 2.29. The van der Waals surface area contributed by atoms with Crippen molar-refractivity contribution in [1.82, 2.24) is 0 Å². The van der Waals surface area contributed by atoms with Gasteiger partial charge < -0.3 is 14.2 Å². The Morgan fingerprint density at radius 3 is 2.24 bits per heavy atom. The van der Waals surface area contributed by atoms with Crippen molar-refractivity contribution in [3.63, 3.8) is 0 Å². The van der Waals surface area contributed by atoms with Gasteiger partial charge >= 0.3 is 0 Å². The molecule has 0 radical (unpaired) electrons. The van der Waals surface area contributed by atoms with Crippen LogP contribution in [0.3, 0.4) is 0 Å². The fraction of sp³-hybridized carbons (Fsp3) is 0.300. The second-order valence-electron chi connectivity index (χ2n) is 9.12. The maximum atomic E-state index is 13.6. The topological polar surface area (TPSA) is 82.1 Å². The molecule has 0 atom stereocenters. The zero-order valence-electron chi connectivity index (χ0n) is 22.5. The van der Waals surface area contributed by atoms with Crippen molar-refractivity contribution in [1.29, 1.82) is 0 Å². The number of carbonyl (C=O) groups is 1. The fourth-order valence-electron chi connectivity index (χ4n) is 3.59. The van der Waals surface area contributed by atoms with Crippen LogP contribution in [0, 0.1) is 12.8 Å². The molecule has 0 spiro atoms. The maximum Gasteiger partial charge on any atom is 0.271 e. The summed E-state index contributed by atoms with van der Waals surface area (Å²) in [6.45, 7) is 9.01. The summed E-state index contributed by atoms with van der Waals surface area (Å²) in [5.41, 5.74) is 1.77. The monoisotopic (exact) mass is 537 g/mol. The van der Waals surface area contributed by atoms with Crippen LogP contribution in [-0.4, -0.2) is 34.6 Å². The lowest BCUT2D eigenvalue weighted by atomic mass is 10.1. The molecule has 0 heterocycles. The summed E-state index contributed by atoms with van der Waals surface area (Å²) in [5.74, 6) is 1.51. The van der Waals surface area contributed by atoms with Gasteiger partial charge in [-0.15, -0.1) is 0 Å². The Kier molecular flexibility index (Phi) is 9.96. The van der Waals surface area contributed by atoms with E-state index in [1.165, 1.54) is 18.2 Å². The van der Waals surface area contributed by atoms with Gasteiger partial charge in [0.2, 0.25) is 0 Å². The highest BCUT2D eigenvalue weighted by molar-refractivity contribution is 7.93. The van der Waals surface area contributed by atoms with E-state index in [-0.39, 0.29) is 10.6 Å². The molecule has 3 aromatic carbocycles. The van der Waals surface area contributed by atoms with Gasteiger partial charge in [0.1, 0.15) is 5.75 Å². The Hall–Kier alpha value is -3.78. The van der Waals surface area contributed by atoms with E-state index in [0.717, 1.165) is 16.3 Å². The predicted octanol–water partition coefficient (Wildman–Crippen LogP) is 6.26. The van der Waals surface area contributed by atoms with Gasteiger partial charge in [0.15, 0.2) is 11.5 Å². The number of benzene rings is 3. The van der Waals surface area contributed by atoms with Gasteiger partial charge in [0.25, 0.3) is 15.9 Å². The first-order valence-electron chi connectivity index (χ1n) is 12.5. The highest BCUT2D eigenvalue weighted by Crippen LogP contribution is 2.30. The first-order valence-corrected chi connectivity index (χ1v) is 14.0. The van der Waals surface area contributed by atoms with E-state index < -0.39 is 15.9 Å². The first-order chi connectivity index (χ1) is 18.1. The lowest BCUT2D eigenvalue weighted by Crippen LogP contribution is -2.35. The molecule has 0 saturated carbocycles. The number of aryl methyl sites for hydroxylation is 1. The molecule has 0 saturated heterocycles. The van der Waals surface area contributed by atoms with Crippen LogP contribution in [0.25, 0.3) is 6.08 Å². The first kappa shape index (κ1) is 28.8. The quantitative estimate of drug-likeness (QED) is 0.254. The van der Waals surface area contributed by atoms with Crippen LogP contribution < -0.4 is 18.5 Å². The molecule has 38 heavy (non-hydrogen) atoms. The minimum atomic E-state index is -4.19. The zero-order valence-corrected chi connectivity index (χ0v) is 23.3. The second-order valence-corrected chi connectivity index (χ2v) is 10.9. The van der Waals surface area contributed by atoms with Crippen LogP contribution in [0.1, 0.15) is 38.3 Å². The highest BCUT2D eigenvalue weighted by atomic mass is 32.2. The van der Waals surface area contributed by atoms with Crippen molar-refractivity contribution in [2.24, 2.45) is 5.92 Å². The van der Waals surface area contributed by atoms with E-state index in [1.54, 1.807) is 67.8 Å². The van der Waals surface area contributed by atoms with E-state index in [1.807, 2.05) is 13.8 Å². The van der Waals surface area contributed by atoms with Gasteiger partial charge in [0.05, 0.1) is 30.9 Å². The Morgan fingerprint density at radius 2 is 1.63 bits per heavy atom. The van der Waals surface area contributed by atoms with Crippen LogP contribution >= 0.6 is 0 Å². The summed E-state index contributed by atoms with van der Waals surface area (Å²) in [6.07, 6.45) is 3.70. The number of sulfonamides is 1.